The highest BCUT2D eigenvalue weighted by Crippen LogP contribution is 2.40. The van der Waals surface area contributed by atoms with Crippen molar-refractivity contribution in [3.05, 3.63) is 23.5 Å². The Morgan fingerprint density at radius 1 is 1.40 bits per heavy atom. The molecule has 2 aromatic heterocycles. The summed E-state index contributed by atoms with van der Waals surface area (Å²) in [6.45, 7) is 0. The van der Waals surface area contributed by atoms with Crippen LogP contribution in [0.4, 0.5) is 0 Å². The molecule has 2 aromatic rings. The van der Waals surface area contributed by atoms with Crippen molar-refractivity contribution in [2.24, 2.45) is 7.05 Å². The molecule has 2 heterocycles. The van der Waals surface area contributed by atoms with Crippen molar-refractivity contribution in [1.82, 2.24) is 24.5 Å². The summed E-state index contributed by atoms with van der Waals surface area (Å²) in [5.74, 6) is 1.47. The van der Waals surface area contributed by atoms with Crippen molar-refractivity contribution < 1.29 is 0 Å². The van der Waals surface area contributed by atoms with Crippen LogP contribution >= 0.6 is 11.6 Å². The molecule has 0 radical (unpaired) electrons. The molecule has 0 amide bonds. The molecule has 0 aliphatic heterocycles. The first-order valence-electron chi connectivity index (χ1n) is 4.85. The standard InChI is InChI=1S/C9H10ClN5/c1-14-5-7(4-11-14)15-8(6-2-3-6)12-13-9(15)10/h4-6H,2-3H2,1H3. The summed E-state index contributed by atoms with van der Waals surface area (Å²) >= 11 is 6.01. The molecular formula is C9H10ClN5. The Balaban J connectivity index is 2.12. The minimum Gasteiger partial charge on any atom is -0.274 e. The summed E-state index contributed by atoms with van der Waals surface area (Å²) < 4.78 is 3.61. The number of rotatable bonds is 2. The van der Waals surface area contributed by atoms with Crippen LogP contribution in [0.15, 0.2) is 12.4 Å². The van der Waals surface area contributed by atoms with Gasteiger partial charge in [-0.15, -0.1) is 10.2 Å². The van der Waals surface area contributed by atoms with E-state index in [4.69, 9.17) is 11.6 Å². The van der Waals surface area contributed by atoms with Gasteiger partial charge in [0, 0.05) is 19.2 Å². The fraction of sp³-hybridized carbons (Fsp3) is 0.444. The van der Waals surface area contributed by atoms with Gasteiger partial charge < -0.3 is 0 Å². The zero-order valence-electron chi connectivity index (χ0n) is 8.26. The summed E-state index contributed by atoms with van der Waals surface area (Å²) in [4.78, 5) is 0. The molecule has 6 heteroatoms. The Labute approximate surface area is 91.7 Å². The van der Waals surface area contributed by atoms with Gasteiger partial charge in [-0.25, -0.2) is 0 Å². The van der Waals surface area contributed by atoms with Gasteiger partial charge in [0.05, 0.1) is 11.9 Å². The van der Waals surface area contributed by atoms with Crippen LogP contribution in [-0.2, 0) is 7.05 Å². The lowest BCUT2D eigenvalue weighted by Gasteiger charge is -2.02. The largest absolute Gasteiger partial charge is 0.274 e. The van der Waals surface area contributed by atoms with Crippen molar-refractivity contribution in [2.75, 3.05) is 0 Å². The van der Waals surface area contributed by atoms with Crippen molar-refractivity contribution in [2.45, 2.75) is 18.8 Å². The molecule has 1 fully saturated rings. The molecule has 5 nitrogen and oxygen atoms in total. The SMILES string of the molecule is Cn1cc(-n2c(Cl)nnc2C2CC2)cn1. The smallest absolute Gasteiger partial charge is 0.229 e. The Hall–Kier alpha value is -1.36. The number of aromatic nitrogens is 5. The summed E-state index contributed by atoms with van der Waals surface area (Å²) in [6.07, 6.45) is 6.02. The summed E-state index contributed by atoms with van der Waals surface area (Å²) in [5, 5.41) is 12.5. The lowest BCUT2D eigenvalue weighted by Crippen LogP contribution is -1.99. The monoisotopic (exact) mass is 223 g/mol. The van der Waals surface area contributed by atoms with Gasteiger partial charge >= 0.3 is 0 Å². The number of aryl methyl sites for hydroxylation is 1. The van der Waals surface area contributed by atoms with Crippen molar-refractivity contribution in [3.8, 4) is 5.69 Å². The molecule has 78 valence electrons. The van der Waals surface area contributed by atoms with E-state index in [2.05, 4.69) is 15.3 Å². The molecule has 0 saturated heterocycles. The topological polar surface area (TPSA) is 48.5 Å². The maximum atomic E-state index is 6.01. The van der Waals surface area contributed by atoms with Crippen LogP contribution in [-0.4, -0.2) is 24.5 Å². The Morgan fingerprint density at radius 2 is 2.20 bits per heavy atom. The first kappa shape index (κ1) is 8.91. The van der Waals surface area contributed by atoms with E-state index >= 15 is 0 Å². The molecule has 1 aliphatic carbocycles. The van der Waals surface area contributed by atoms with Crippen LogP contribution < -0.4 is 0 Å². The summed E-state index contributed by atoms with van der Waals surface area (Å²) in [6, 6.07) is 0. The van der Waals surface area contributed by atoms with E-state index in [-0.39, 0.29) is 0 Å². The lowest BCUT2D eigenvalue weighted by atomic mass is 10.4. The normalized spacial score (nSPS) is 15.9. The van der Waals surface area contributed by atoms with Crippen molar-refractivity contribution >= 4 is 11.6 Å². The maximum Gasteiger partial charge on any atom is 0.229 e. The second-order valence-electron chi connectivity index (χ2n) is 3.81. The highest BCUT2D eigenvalue weighted by atomic mass is 35.5. The first-order valence-corrected chi connectivity index (χ1v) is 5.23. The minimum atomic E-state index is 0.407. The lowest BCUT2D eigenvalue weighted by molar-refractivity contribution is 0.766. The Morgan fingerprint density at radius 3 is 2.80 bits per heavy atom. The van der Waals surface area contributed by atoms with Gasteiger partial charge in [-0.3, -0.25) is 9.25 Å². The fourth-order valence-corrected chi connectivity index (χ4v) is 1.87. The van der Waals surface area contributed by atoms with E-state index in [0.717, 1.165) is 11.5 Å². The highest BCUT2D eigenvalue weighted by molar-refractivity contribution is 6.28. The Kier molecular flexibility index (Phi) is 1.82. The minimum absolute atomic E-state index is 0.407. The molecule has 1 saturated carbocycles. The van der Waals surface area contributed by atoms with E-state index < -0.39 is 0 Å². The second kappa shape index (κ2) is 3.06. The van der Waals surface area contributed by atoms with Gasteiger partial charge in [0.2, 0.25) is 5.28 Å². The zero-order chi connectivity index (χ0) is 10.4. The molecule has 1 aliphatic rings. The van der Waals surface area contributed by atoms with Crippen LogP contribution in [0.2, 0.25) is 5.28 Å². The van der Waals surface area contributed by atoms with Crippen LogP contribution in [0.5, 0.6) is 0 Å². The van der Waals surface area contributed by atoms with Crippen molar-refractivity contribution in [3.63, 3.8) is 0 Å². The van der Waals surface area contributed by atoms with Crippen LogP contribution in [0.3, 0.4) is 0 Å². The molecule has 0 bridgehead atoms. The molecule has 3 rings (SSSR count). The zero-order valence-corrected chi connectivity index (χ0v) is 9.02. The first-order chi connectivity index (χ1) is 7.25. The van der Waals surface area contributed by atoms with Crippen molar-refractivity contribution in [1.29, 1.82) is 0 Å². The average Bonchev–Trinajstić information content (AvgIpc) is 2.86. The van der Waals surface area contributed by atoms with E-state index in [1.165, 1.54) is 12.8 Å². The number of hydrogen-bond acceptors (Lipinski definition) is 3. The van der Waals surface area contributed by atoms with Gasteiger partial charge in [0.25, 0.3) is 0 Å². The molecule has 0 aromatic carbocycles. The van der Waals surface area contributed by atoms with Crippen LogP contribution in [0.25, 0.3) is 5.69 Å². The molecule has 0 N–H and O–H groups in total. The summed E-state index contributed by atoms with van der Waals surface area (Å²) in [7, 11) is 1.87. The molecule has 0 atom stereocenters. The predicted molar refractivity (Wildman–Crippen MR) is 55.1 cm³/mol. The highest BCUT2D eigenvalue weighted by Gasteiger charge is 2.30. The van der Waals surface area contributed by atoms with E-state index in [1.807, 2.05) is 17.8 Å². The molecular weight excluding hydrogens is 214 g/mol. The van der Waals surface area contributed by atoms with Crippen LogP contribution in [0, 0.1) is 0 Å². The van der Waals surface area contributed by atoms with E-state index in [0.29, 0.717) is 11.2 Å². The van der Waals surface area contributed by atoms with Gasteiger partial charge in [-0.1, -0.05) is 0 Å². The fourth-order valence-electron chi connectivity index (χ4n) is 1.64. The van der Waals surface area contributed by atoms with Gasteiger partial charge in [0.15, 0.2) is 0 Å². The quantitative estimate of drug-likeness (QED) is 0.776. The van der Waals surface area contributed by atoms with Gasteiger partial charge in [-0.2, -0.15) is 5.10 Å². The van der Waals surface area contributed by atoms with Gasteiger partial charge in [0.1, 0.15) is 5.82 Å². The average molecular weight is 224 g/mol. The third-order valence-corrected chi connectivity index (χ3v) is 2.79. The third-order valence-electron chi connectivity index (χ3n) is 2.54. The number of hydrogen-bond donors (Lipinski definition) is 0. The Bertz CT molecular complexity index is 496. The second-order valence-corrected chi connectivity index (χ2v) is 4.15. The number of halogens is 1. The van der Waals surface area contributed by atoms with E-state index in [1.54, 1.807) is 10.9 Å². The number of nitrogens with zero attached hydrogens (tertiary/aromatic N) is 5. The third kappa shape index (κ3) is 1.43. The molecule has 0 unspecified atom stereocenters. The predicted octanol–water partition coefficient (Wildman–Crippen LogP) is 1.53. The molecule has 0 spiro atoms. The van der Waals surface area contributed by atoms with E-state index in [9.17, 15) is 0 Å². The summed E-state index contributed by atoms with van der Waals surface area (Å²) in [5.41, 5.74) is 0.925. The van der Waals surface area contributed by atoms with Gasteiger partial charge in [-0.05, 0) is 24.4 Å². The van der Waals surface area contributed by atoms with Crippen LogP contribution in [0.1, 0.15) is 24.6 Å². The molecule has 15 heavy (non-hydrogen) atoms. The maximum absolute atomic E-state index is 6.01.